The second-order valence-corrected chi connectivity index (χ2v) is 2.99. The molecule has 0 amide bonds. The van der Waals surface area contributed by atoms with Gasteiger partial charge in [0.05, 0.1) is 0 Å². The van der Waals surface area contributed by atoms with E-state index < -0.39 is 0 Å². The normalized spacial score (nSPS) is 20.6. The lowest BCUT2D eigenvalue weighted by molar-refractivity contribution is 0.626. The molecule has 0 atom stereocenters. The molecule has 0 heterocycles. The summed E-state index contributed by atoms with van der Waals surface area (Å²) in [6.07, 6.45) is 5.16. The van der Waals surface area contributed by atoms with E-state index in [0.29, 0.717) is 12.0 Å². The van der Waals surface area contributed by atoms with E-state index in [-0.39, 0.29) is 0 Å². The molecule has 1 aliphatic carbocycles. The third-order valence-electron chi connectivity index (χ3n) is 2.04. The highest BCUT2D eigenvalue weighted by Crippen LogP contribution is 2.17. The van der Waals surface area contributed by atoms with Crippen LogP contribution in [0.15, 0.2) is 4.99 Å². The predicted octanol–water partition coefficient (Wildman–Crippen LogP) is 0.853. The third kappa shape index (κ3) is 2.78. The monoisotopic (exact) mass is 155 g/mol. The standard InChI is InChI=1S/C8H17N3/c1-2-10-8(9)11-7-5-3-4-6-7/h7H,2-6H2,1H3,(H3,9,10,11). The smallest absolute Gasteiger partial charge is 0.188 e. The van der Waals surface area contributed by atoms with E-state index in [1.165, 1.54) is 25.7 Å². The van der Waals surface area contributed by atoms with E-state index >= 15 is 0 Å². The first-order chi connectivity index (χ1) is 5.33. The molecule has 0 saturated heterocycles. The quantitative estimate of drug-likeness (QED) is 0.459. The minimum absolute atomic E-state index is 0.588. The third-order valence-corrected chi connectivity index (χ3v) is 2.04. The molecule has 1 aliphatic rings. The summed E-state index contributed by atoms with van der Waals surface area (Å²) < 4.78 is 0. The Hall–Kier alpha value is -0.730. The summed E-state index contributed by atoms with van der Waals surface area (Å²) in [6.45, 7) is 2.76. The molecule has 3 nitrogen and oxygen atoms in total. The number of nitrogens with two attached hydrogens (primary N) is 1. The zero-order valence-electron chi connectivity index (χ0n) is 7.14. The molecule has 11 heavy (non-hydrogen) atoms. The van der Waals surface area contributed by atoms with E-state index in [1.807, 2.05) is 6.92 Å². The van der Waals surface area contributed by atoms with Crippen LogP contribution in [0.2, 0.25) is 0 Å². The molecule has 3 N–H and O–H groups in total. The Bertz CT molecular complexity index is 136. The van der Waals surface area contributed by atoms with E-state index in [1.54, 1.807) is 0 Å². The maximum absolute atomic E-state index is 5.60. The number of hydrogen-bond acceptors (Lipinski definition) is 1. The zero-order valence-corrected chi connectivity index (χ0v) is 7.14. The molecule has 1 rings (SSSR count). The molecule has 0 unspecified atom stereocenters. The maximum atomic E-state index is 5.60. The fourth-order valence-electron chi connectivity index (χ4n) is 1.50. The molecule has 1 saturated carbocycles. The van der Waals surface area contributed by atoms with Crippen LogP contribution < -0.4 is 11.1 Å². The van der Waals surface area contributed by atoms with Crippen molar-refractivity contribution >= 4 is 5.96 Å². The van der Waals surface area contributed by atoms with Gasteiger partial charge in [-0.3, -0.25) is 4.99 Å². The van der Waals surface area contributed by atoms with Crippen LogP contribution in [0.3, 0.4) is 0 Å². The van der Waals surface area contributed by atoms with Crippen molar-refractivity contribution < 1.29 is 0 Å². The van der Waals surface area contributed by atoms with E-state index in [2.05, 4.69) is 10.3 Å². The minimum atomic E-state index is 0.588. The Kier molecular flexibility index (Phi) is 3.20. The molecule has 64 valence electrons. The summed E-state index contributed by atoms with van der Waals surface area (Å²) in [5, 5.41) is 3.21. The SMILES string of the molecule is CCN=C(N)NC1CCCC1. The van der Waals surface area contributed by atoms with Crippen LogP contribution in [0.25, 0.3) is 0 Å². The van der Waals surface area contributed by atoms with Crippen LogP contribution >= 0.6 is 0 Å². The summed E-state index contributed by atoms with van der Waals surface area (Å²) in [6, 6.07) is 0.588. The highest BCUT2D eigenvalue weighted by molar-refractivity contribution is 5.78. The fraction of sp³-hybridized carbons (Fsp3) is 0.875. The summed E-state index contributed by atoms with van der Waals surface area (Å²) in [4.78, 5) is 4.07. The molecule has 0 aromatic heterocycles. The first-order valence-corrected chi connectivity index (χ1v) is 4.39. The maximum Gasteiger partial charge on any atom is 0.188 e. The molecular weight excluding hydrogens is 138 g/mol. The topological polar surface area (TPSA) is 50.4 Å². The van der Waals surface area contributed by atoms with Crippen LogP contribution in [0, 0.1) is 0 Å². The highest BCUT2D eigenvalue weighted by atomic mass is 15.1. The van der Waals surface area contributed by atoms with Gasteiger partial charge in [0.1, 0.15) is 0 Å². The zero-order chi connectivity index (χ0) is 8.10. The first kappa shape index (κ1) is 8.37. The molecule has 1 fully saturated rings. The van der Waals surface area contributed by atoms with Gasteiger partial charge >= 0.3 is 0 Å². The number of nitrogens with zero attached hydrogens (tertiary/aromatic N) is 1. The van der Waals surface area contributed by atoms with Crippen LogP contribution in [-0.4, -0.2) is 18.5 Å². The second-order valence-electron chi connectivity index (χ2n) is 2.99. The Labute approximate surface area is 68.1 Å². The van der Waals surface area contributed by atoms with Crippen molar-refractivity contribution in [3.8, 4) is 0 Å². The van der Waals surface area contributed by atoms with Crippen molar-refractivity contribution in [2.45, 2.75) is 38.6 Å². The summed E-state index contributed by atoms with van der Waals surface area (Å²) >= 11 is 0. The molecule has 0 spiro atoms. The van der Waals surface area contributed by atoms with Crippen molar-refractivity contribution in [3.05, 3.63) is 0 Å². The van der Waals surface area contributed by atoms with Crippen LogP contribution in [0.1, 0.15) is 32.6 Å². The molecule has 3 heteroatoms. The Morgan fingerprint density at radius 3 is 2.73 bits per heavy atom. The summed E-state index contributed by atoms with van der Waals surface area (Å²) in [5.74, 6) is 0.611. The first-order valence-electron chi connectivity index (χ1n) is 4.39. The molecule has 0 radical (unpaired) electrons. The van der Waals surface area contributed by atoms with E-state index in [9.17, 15) is 0 Å². The van der Waals surface area contributed by atoms with Crippen molar-refractivity contribution in [1.29, 1.82) is 0 Å². The van der Waals surface area contributed by atoms with Crippen molar-refractivity contribution in [2.75, 3.05) is 6.54 Å². The van der Waals surface area contributed by atoms with Gasteiger partial charge in [0.2, 0.25) is 0 Å². The summed E-state index contributed by atoms with van der Waals surface area (Å²) in [7, 11) is 0. The van der Waals surface area contributed by atoms with Gasteiger partial charge in [0.25, 0.3) is 0 Å². The lowest BCUT2D eigenvalue weighted by Crippen LogP contribution is -2.38. The lowest BCUT2D eigenvalue weighted by Gasteiger charge is -2.11. The molecule has 0 bridgehead atoms. The second kappa shape index (κ2) is 4.21. The Balaban J connectivity index is 2.23. The van der Waals surface area contributed by atoms with E-state index in [0.717, 1.165) is 6.54 Å². The number of nitrogens with one attached hydrogen (secondary N) is 1. The van der Waals surface area contributed by atoms with Crippen molar-refractivity contribution in [3.63, 3.8) is 0 Å². The Morgan fingerprint density at radius 1 is 1.55 bits per heavy atom. The van der Waals surface area contributed by atoms with Gasteiger partial charge in [-0.1, -0.05) is 12.8 Å². The summed E-state index contributed by atoms with van der Waals surface area (Å²) in [5.41, 5.74) is 5.60. The fourth-order valence-corrected chi connectivity index (χ4v) is 1.50. The van der Waals surface area contributed by atoms with Gasteiger partial charge in [-0.15, -0.1) is 0 Å². The van der Waals surface area contributed by atoms with E-state index in [4.69, 9.17) is 5.73 Å². The molecule has 0 aliphatic heterocycles. The number of rotatable bonds is 2. The van der Waals surface area contributed by atoms with Crippen LogP contribution in [0.4, 0.5) is 0 Å². The number of aliphatic imine (C=N–C) groups is 1. The average Bonchev–Trinajstić information content (AvgIpc) is 2.40. The van der Waals surface area contributed by atoms with Crippen molar-refractivity contribution in [2.24, 2.45) is 10.7 Å². The van der Waals surface area contributed by atoms with Gasteiger partial charge < -0.3 is 11.1 Å². The van der Waals surface area contributed by atoms with Gasteiger partial charge in [0, 0.05) is 12.6 Å². The Morgan fingerprint density at radius 2 is 2.18 bits per heavy atom. The predicted molar refractivity (Wildman–Crippen MR) is 47.6 cm³/mol. The molecular formula is C8H17N3. The highest BCUT2D eigenvalue weighted by Gasteiger charge is 2.14. The van der Waals surface area contributed by atoms with Gasteiger partial charge in [0.15, 0.2) is 5.96 Å². The number of guanidine groups is 1. The van der Waals surface area contributed by atoms with Gasteiger partial charge in [-0.05, 0) is 19.8 Å². The van der Waals surface area contributed by atoms with Crippen LogP contribution in [-0.2, 0) is 0 Å². The lowest BCUT2D eigenvalue weighted by atomic mass is 10.3. The van der Waals surface area contributed by atoms with Gasteiger partial charge in [-0.2, -0.15) is 0 Å². The largest absolute Gasteiger partial charge is 0.370 e. The average molecular weight is 155 g/mol. The molecule has 0 aromatic carbocycles. The van der Waals surface area contributed by atoms with Gasteiger partial charge in [-0.25, -0.2) is 0 Å². The van der Waals surface area contributed by atoms with Crippen LogP contribution in [0.5, 0.6) is 0 Å². The number of hydrogen-bond donors (Lipinski definition) is 2. The minimum Gasteiger partial charge on any atom is -0.370 e. The molecule has 0 aromatic rings. The van der Waals surface area contributed by atoms with Crippen molar-refractivity contribution in [1.82, 2.24) is 5.32 Å².